The van der Waals surface area contributed by atoms with Crippen LogP contribution in [0.5, 0.6) is 0 Å². The summed E-state index contributed by atoms with van der Waals surface area (Å²) in [5, 5.41) is 2.51. The highest BCUT2D eigenvalue weighted by molar-refractivity contribution is 6.10. The fourth-order valence-electron chi connectivity index (χ4n) is 6.53. The topological polar surface area (TPSA) is 4.93 Å². The van der Waals surface area contributed by atoms with Gasteiger partial charge in [-0.25, -0.2) is 0 Å². The van der Waals surface area contributed by atoms with Gasteiger partial charge in [-0.1, -0.05) is 151 Å². The summed E-state index contributed by atoms with van der Waals surface area (Å²) in [6, 6.07) is 61.6. The van der Waals surface area contributed by atoms with Crippen LogP contribution < -0.4 is 0 Å². The van der Waals surface area contributed by atoms with Gasteiger partial charge in [-0.3, -0.25) is 0 Å². The monoisotopic (exact) mass is 561 g/mol. The van der Waals surface area contributed by atoms with Gasteiger partial charge in [0.25, 0.3) is 0 Å². The Morgan fingerprint density at radius 3 is 1.59 bits per heavy atom. The van der Waals surface area contributed by atoms with Gasteiger partial charge in [0.1, 0.15) is 0 Å². The molecule has 0 atom stereocenters. The molecule has 7 aromatic carbocycles. The van der Waals surface area contributed by atoms with Crippen LogP contribution >= 0.6 is 0 Å². The second-order valence-corrected chi connectivity index (χ2v) is 11.5. The number of nitrogens with zero attached hydrogens (tertiary/aromatic N) is 1. The Kier molecular flexibility index (Phi) is 6.43. The van der Waals surface area contributed by atoms with Crippen LogP contribution in [0.4, 0.5) is 0 Å². The van der Waals surface area contributed by atoms with Crippen molar-refractivity contribution in [3.8, 4) is 50.2 Å². The Hall–Kier alpha value is -5.66. The third-order valence-electron chi connectivity index (χ3n) is 8.71. The number of benzene rings is 7. The molecule has 1 aromatic heterocycles. The smallest absolute Gasteiger partial charge is 0.0547 e. The SMILES string of the molecule is Cc1ccc(-c2ccccc2-c2ccc3c4ccccc4n(-c4ccc(-c5ccccc5)c(-c5ccccc5)c4)c3c2)cc1. The minimum atomic E-state index is 1.15. The molecule has 0 aliphatic heterocycles. The maximum absolute atomic E-state index is 2.43. The number of para-hydroxylation sites is 1. The highest BCUT2D eigenvalue weighted by Crippen LogP contribution is 2.40. The van der Waals surface area contributed by atoms with Crippen LogP contribution in [0.2, 0.25) is 0 Å². The van der Waals surface area contributed by atoms with Crippen LogP contribution in [0.3, 0.4) is 0 Å². The second kappa shape index (κ2) is 10.9. The predicted molar refractivity (Wildman–Crippen MR) is 187 cm³/mol. The van der Waals surface area contributed by atoms with Crippen molar-refractivity contribution in [1.29, 1.82) is 0 Å². The number of aryl methyl sites for hydroxylation is 1. The molecule has 44 heavy (non-hydrogen) atoms. The van der Waals surface area contributed by atoms with Crippen LogP contribution in [0.1, 0.15) is 5.56 Å². The van der Waals surface area contributed by atoms with E-state index in [1.54, 1.807) is 0 Å². The Labute approximate surface area is 258 Å². The molecule has 0 aliphatic rings. The minimum absolute atomic E-state index is 1.15. The number of fused-ring (bicyclic) bond motifs is 3. The first-order valence-electron chi connectivity index (χ1n) is 15.2. The van der Waals surface area contributed by atoms with Crippen molar-refractivity contribution in [3.05, 3.63) is 175 Å². The molecule has 0 bridgehead atoms. The van der Waals surface area contributed by atoms with Gasteiger partial charge in [0.15, 0.2) is 0 Å². The van der Waals surface area contributed by atoms with Crippen molar-refractivity contribution in [2.75, 3.05) is 0 Å². The zero-order chi connectivity index (χ0) is 29.5. The van der Waals surface area contributed by atoms with E-state index in [9.17, 15) is 0 Å². The van der Waals surface area contributed by atoms with E-state index < -0.39 is 0 Å². The summed E-state index contributed by atoms with van der Waals surface area (Å²) in [6.45, 7) is 2.14. The summed E-state index contributed by atoms with van der Waals surface area (Å²) in [5.41, 5.74) is 14.6. The van der Waals surface area contributed by atoms with E-state index in [0.29, 0.717) is 0 Å². The highest BCUT2D eigenvalue weighted by Gasteiger charge is 2.17. The molecule has 0 fully saturated rings. The molecule has 1 heteroatoms. The lowest BCUT2D eigenvalue weighted by Crippen LogP contribution is -1.96. The Bertz CT molecular complexity index is 2260. The molecular weight excluding hydrogens is 530 g/mol. The maximum atomic E-state index is 2.43. The largest absolute Gasteiger partial charge is 0.309 e. The standard InChI is InChI=1S/C43H31N/c1-30-20-22-33(23-21-30)36-16-8-9-17-37(36)34-24-26-40-39-18-10-11-19-42(39)44(43(40)28-34)35-25-27-38(31-12-4-2-5-13-31)41(29-35)32-14-6-3-7-15-32/h2-29H,1H3. The fourth-order valence-corrected chi connectivity index (χ4v) is 6.53. The lowest BCUT2D eigenvalue weighted by Gasteiger charge is -2.16. The molecule has 0 spiro atoms. The lowest BCUT2D eigenvalue weighted by atomic mass is 9.93. The third-order valence-corrected chi connectivity index (χ3v) is 8.71. The van der Waals surface area contributed by atoms with Gasteiger partial charge in [0.05, 0.1) is 11.0 Å². The molecular formula is C43H31N. The first-order chi connectivity index (χ1) is 21.7. The van der Waals surface area contributed by atoms with E-state index in [1.807, 2.05) is 0 Å². The van der Waals surface area contributed by atoms with Gasteiger partial charge >= 0.3 is 0 Å². The Morgan fingerprint density at radius 2 is 0.864 bits per heavy atom. The Morgan fingerprint density at radius 1 is 0.341 bits per heavy atom. The van der Waals surface area contributed by atoms with E-state index >= 15 is 0 Å². The van der Waals surface area contributed by atoms with Crippen molar-refractivity contribution in [2.45, 2.75) is 6.92 Å². The lowest BCUT2D eigenvalue weighted by molar-refractivity contribution is 1.18. The molecule has 1 heterocycles. The summed E-state index contributed by atoms with van der Waals surface area (Å²) in [5.74, 6) is 0. The predicted octanol–water partition coefficient (Wildman–Crippen LogP) is 11.8. The van der Waals surface area contributed by atoms with Crippen LogP contribution in [0.25, 0.3) is 72.0 Å². The zero-order valence-corrected chi connectivity index (χ0v) is 24.6. The van der Waals surface area contributed by atoms with Crippen LogP contribution in [0, 0.1) is 6.92 Å². The molecule has 0 saturated carbocycles. The van der Waals surface area contributed by atoms with Crippen molar-refractivity contribution in [2.24, 2.45) is 0 Å². The quantitative estimate of drug-likeness (QED) is 0.197. The molecule has 0 saturated heterocycles. The summed E-state index contributed by atoms with van der Waals surface area (Å²) >= 11 is 0. The first-order valence-corrected chi connectivity index (χ1v) is 15.2. The van der Waals surface area contributed by atoms with E-state index in [1.165, 1.54) is 71.9 Å². The van der Waals surface area contributed by atoms with Crippen molar-refractivity contribution >= 4 is 21.8 Å². The molecule has 1 nitrogen and oxygen atoms in total. The number of rotatable bonds is 5. The normalized spacial score (nSPS) is 11.3. The zero-order valence-electron chi connectivity index (χ0n) is 24.6. The van der Waals surface area contributed by atoms with E-state index in [0.717, 1.165) is 5.69 Å². The molecule has 8 rings (SSSR count). The third kappa shape index (κ3) is 4.51. The van der Waals surface area contributed by atoms with Crippen molar-refractivity contribution in [1.82, 2.24) is 4.57 Å². The van der Waals surface area contributed by atoms with Gasteiger partial charge in [-0.15, -0.1) is 0 Å². The summed E-state index contributed by atoms with van der Waals surface area (Å²) in [7, 11) is 0. The first kappa shape index (κ1) is 26.0. The van der Waals surface area contributed by atoms with E-state index in [4.69, 9.17) is 0 Å². The van der Waals surface area contributed by atoms with Gasteiger partial charge < -0.3 is 4.57 Å². The van der Waals surface area contributed by atoms with Crippen LogP contribution in [-0.2, 0) is 0 Å². The average molecular weight is 562 g/mol. The molecule has 0 N–H and O–H groups in total. The second-order valence-electron chi connectivity index (χ2n) is 11.5. The van der Waals surface area contributed by atoms with Gasteiger partial charge in [-0.05, 0) is 75.7 Å². The maximum Gasteiger partial charge on any atom is 0.0547 e. The van der Waals surface area contributed by atoms with Crippen molar-refractivity contribution < 1.29 is 0 Å². The van der Waals surface area contributed by atoms with E-state index in [-0.39, 0.29) is 0 Å². The average Bonchev–Trinajstić information content (AvgIpc) is 3.43. The molecule has 0 unspecified atom stereocenters. The van der Waals surface area contributed by atoms with Crippen molar-refractivity contribution in [3.63, 3.8) is 0 Å². The fraction of sp³-hybridized carbons (Fsp3) is 0.0233. The number of aromatic nitrogens is 1. The Balaban J connectivity index is 1.37. The molecule has 0 aliphatic carbocycles. The summed E-state index contributed by atoms with van der Waals surface area (Å²) in [6.07, 6.45) is 0. The molecule has 0 radical (unpaired) electrons. The van der Waals surface area contributed by atoms with Gasteiger partial charge in [0, 0.05) is 16.5 Å². The minimum Gasteiger partial charge on any atom is -0.309 e. The van der Waals surface area contributed by atoms with Gasteiger partial charge in [-0.2, -0.15) is 0 Å². The summed E-state index contributed by atoms with van der Waals surface area (Å²) in [4.78, 5) is 0. The van der Waals surface area contributed by atoms with Crippen LogP contribution in [-0.4, -0.2) is 4.57 Å². The number of hydrogen-bond acceptors (Lipinski definition) is 0. The summed E-state index contributed by atoms with van der Waals surface area (Å²) < 4.78 is 2.43. The van der Waals surface area contributed by atoms with Gasteiger partial charge in [0.2, 0.25) is 0 Å². The molecule has 8 aromatic rings. The highest BCUT2D eigenvalue weighted by atomic mass is 15.0. The number of hydrogen-bond donors (Lipinski definition) is 0. The van der Waals surface area contributed by atoms with Crippen LogP contribution in [0.15, 0.2) is 170 Å². The van der Waals surface area contributed by atoms with E-state index in [2.05, 4.69) is 181 Å². The molecule has 0 amide bonds. The molecule has 208 valence electrons.